The number of fused-ring (bicyclic) bond motifs is 1. The first-order valence-electron chi connectivity index (χ1n) is 9.68. The van der Waals surface area contributed by atoms with E-state index in [1.165, 1.54) is 18.2 Å². The van der Waals surface area contributed by atoms with E-state index in [1.807, 2.05) is 12.1 Å². The number of hydrogen-bond acceptors (Lipinski definition) is 5. The number of aliphatic hydroxyl groups is 1. The number of aromatic nitrogens is 1. The predicted octanol–water partition coefficient (Wildman–Crippen LogP) is 4.29. The van der Waals surface area contributed by atoms with Crippen molar-refractivity contribution in [2.75, 3.05) is 11.3 Å². The molecule has 0 saturated heterocycles. The Labute approximate surface area is 182 Å². The van der Waals surface area contributed by atoms with Crippen molar-refractivity contribution in [3.63, 3.8) is 0 Å². The fourth-order valence-electron chi connectivity index (χ4n) is 3.63. The monoisotopic (exact) mass is 464 g/mol. The molecule has 0 bridgehead atoms. The van der Waals surface area contributed by atoms with E-state index in [1.54, 1.807) is 41.4 Å². The third-order valence-corrected chi connectivity index (χ3v) is 6.36. The number of halogens is 3. The zero-order valence-electron chi connectivity index (χ0n) is 16.6. The summed E-state index contributed by atoms with van der Waals surface area (Å²) < 4.78 is 69.0. The van der Waals surface area contributed by atoms with Crippen molar-refractivity contribution < 1.29 is 31.4 Å². The first-order chi connectivity index (χ1) is 15.2. The van der Waals surface area contributed by atoms with E-state index in [0.29, 0.717) is 23.3 Å². The molecule has 0 fully saturated rings. The Morgan fingerprint density at radius 3 is 2.53 bits per heavy atom. The number of nitrogens with one attached hydrogen (secondary N) is 1. The predicted molar refractivity (Wildman–Crippen MR) is 112 cm³/mol. The molecule has 0 amide bonds. The van der Waals surface area contributed by atoms with Crippen LogP contribution in [0.1, 0.15) is 17.2 Å². The number of anilines is 1. The van der Waals surface area contributed by atoms with Crippen LogP contribution in [0, 0.1) is 5.92 Å². The molecule has 2 heterocycles. The first-order valence-corrected chi connectivity index (χ1v) is 11.2. The molecule has 2 N–H and O–H groups in total. The quantitative estimate of drug-likeness (QED) is 0.588. The van der Waals surface area contributed by atoms with Gasteiger partial charge in [0, 0.05) is 29.4 Å². The van der Waals surface area contributed by atoms with Gasteiger partial charge >= 0.3 is 15.5 Å². The zero-order valence-corrected chi connectivity index (χ0v) is 17.4. The van der Waals surface area contributed by atoms with E-state index in [2.05, 4.69) is 4.98 Å². The van der Waals surface area contributed by atoms with E-state index < -0.39 is 21.6 Å². The minimum Gasteiger partial charge on any atom is -0.493 e. The number of pyridine rings is 1. The summed E-state index contributed by atoms with van der Waals surface area (Å²) in [7, 11) is -5.57. The van der Waals surface area contributed by atoms with Crippen molar-refractivity contribution >= 4 is 15.7 Å². The summed E-state index contributed by atoms with van der Waals surface area (Å²) in [5.41, 5.74) is -3.38. The van der Waals surface area contributed by atoms with Gasteiger partial charge in [-0.3, -0.25) is 9.71 Å². The second-order valence-corrected chi connectivity index (χ2v) is 9.10. The van der Waals surface area contributed by atoms with E-state index in [9.17, 15) is 26.7 Å². The summed E-state index contributed by atoms with van der Waals surface area (Å²) in [6.07, 6.45) is 3.15. The van der Waals surface area contributed by atoms with Gasteiger partial charge < -0.3 is 9.84 Å². The molecule has 1 aliphatic heterocycles. The number of ether oxygens (including phenoxy) is 1. The summed E-state index contributed by atoms with van der Waals surface area (Å²) in [6, 6.07) is 14.3. The van der Waals surface area contributed by atoms with Gasteiger partial charge in [0.25, 0.3) is 0 Å². The minimum atomic E-state index is -5.57. The van der Waals surface area contributed by atoms with Crippen LogP contribution in [-0.4, -0.2) is 30.6 Å². The summed E-state index contributed by atoms with van der Waals surface area (Å²) in [5, 5.41) is 10.8. The maximum Gasteiger partial charge on any atom is 0.516 e. The van der Waals surface area contributed by atoms with Crippen molar-refractivity contribution in [3.05, 3.63) is 78.1 Å². The van der Waals surface area contributed by atoms with Gasteiger partial charge in [0.05, 0.1) is 18.4 Å². The van der Waals surface area contributed by atoms with Crippen LogP contribution in [0.2, 0.25) is 0 Å². The molecule has 1 aliphatic rings. The lowest BCUT2D eigenvalue weighted by Crippen LogP contribution is -2.30. The van der Waals surface area contributed by atoms with Crippen molar-refractivity contribution in [3.8, 4) is 16.9 Å². The maximum atomic E-state index is 12.8. The molecule has 1 aromatic heterocycles. The summed E-state index contributed by atoms with van der Waals surface area (Å²) in [4.78, 5) is 3.98. The van der Waals surface area contributed by atoms with Gasteiger partial charge in [-0.25, -0.2) is 0 Å². The molecule has 0 saturated carbocycles. The van der Waals surface area contributed by atoms with Crippen molar-refractivity contribution in [2.24, 2.45) is 5.92 Å². The smallest absolute Gasteiger partial charge is 0.493 e. The molecule has 2 unspecified atom stereocenters. The number of aliphatic hydroxyl groups excluding tert-OH is 1. The summed E-state index contributed by atoms with van der Waals surface area (Å²) in [6.45, 7) is 0.252. The van der Waals surface area contributed by atoms with Crippen molar-refractivity contribution in [1.82, 2.24) is 4.98 Å². The lowest BCUT2D eigenvalue weighted by molar-refractivity contribution is -0.0429. The average Bonchev–Trinajstić information content (AvgIpc) is 2.75. The highest BCUT2D eigenvalue weighted by molar-refractivity contribution is 7.93. The minimum absolute atomic E-state index is 0.179. The number of para-hydroxylation sites is 1. The summed E-state index contributed by atoms with van der Waals surface area (Å²) >= 11 is 0. The molecule has 6 nitrogen and oxygen atoms in total. The molecule has 0 radical (unpaired) electrons. The topological polar surface area (TPSA) is 88.5 Å². The fourth-order valence-corrected chi connectivity index (χ4v) is 4.22. The maximum absolute atomic E-state index is 12.8. The Balaban J connectivity index is 1.61. The molecule has 2 atom stereocenters. The number of sulfonamides is 1. The Morgan fingerprint density at radius 2 is 1.81 bits per heavy atom. The number of rotatable bonds is 5. The van der Waals surface area contributed by atoms with Gasteiger partial charge in [-0.05, 0) is 41.8 Å². The van der Waals surface area contributed by atoms with Gasteiger partial charge in [0.15, 0.2) is 0 Å². The van der Waals surface area contributed by atoms with Crippen LogP contribution in [0.4, 0.5) is 18.9 Å². The van der Waals surface area contributed by atoms with Gasteiger partial charge in [-0.2, -0.15) is 21.6 Å². The molecule has 2 aromatic carbocycles. The molecule has 32 heavy (non-hydrogen) atoms. The number of alkyl halides is 3. The van der Waals surface area contributed by atoms with Gasteiger partial charge in [-0.1, -0.05) is 30.3 Å². The standard InChI is InChI=1S/C22H19F3N2O4S/c23-22(24,25)32(29,30)27-19-4-2-1-3-17(19)15-5-6-18-20(12-15)31-13-16(21(18)28)11-14-7-9-26-10-8-14/h1-10,12,16,21,27-28H,11,13H2. The van der Waals surface area contributed by atoms with Crippen molar-refractivity contribution in [1.29, 1.82) is 0 Å². The molecular formula is C22H19F3N2O4S. The van der Waals surface area contributed by atoms with E-state index in [0.717, 1.165) is 5.56 Å². The highest BCUT2D eigenvalue weighted by atomic mass is 32.2. The lowest BCUT2D eigenvalue weighted by Gasteiger charge is -2.31. The first kappa shape index (κ1) is 22.1. The lowest BCUT2D eigenvalue weighted by atomic mass is 9.87. The third kappa shape index (κ3) is 4.42. The highest BCUT2D eigenvalue weighted by Gasteiger charge is 2.46. The van der Waals surface area contributed by atoms with Crippen LogP contribution in [0.5, 0.6) is 5.75 Å². The van der Waals surface area contributed by atoms with Crippen LogP contribution < -0.4 is 9.46 Å². The van der Waals surface area contributed by atoms with Crippen molar-refractivity contribution in [2.45, 2.75) is 18.0 Å². The number of nitrogens with zero attached hydrogens (tertiary/aromatic N) is 1. The normalized spacial score (nSPS) is 18.5. The van der Waals surface area contributed by atoms with Gasteiger partial charge in [0.1, 0.15) is 5.75 Å². The number of benzene rings is 2. The second-order valence-electron chi connectivity index (χ2n) is 7.42. The zero-order chi connectivity index (χ0) is 22.9. The Kier molecular flexibility index (Phi) is 5.83. The van der Waals surface area contributed by atoms with Crippen LogP contribution in [-0.2, 0) is 16.4 Å². The molecule has 0 aliphatic carbocycles. The number of hydrogen-bond donors (Lipinski definition) is 2. The molecule has 0 spiro atoms. The molecule has 3 aromatic rings. The molecule has 168 valence electrons. The molecule has 4 rings (SSSR count). The SMILES string of the molecule is O=S(=O)(Nc1ccccc1-c1ccc2c(c1)OCC(Cc1ccncc1)C2O)C(F)(F)F. The largest absolute Gasteiger partial charge is 0.516 e. The fraction of sp³-hybridized carbons (Fsp3) is 0.227. The van der Waals surface area contributed by atoms with Crippen LogP contribution in [0.25, 0.3) is 11.1 Å². The van der Waals surface area contributed by atoms with E-state index >= 15 is 0 Å². The van der Waals surface area contributed by atoms with E-state index in [4.69, 9.17) is 4.74 Å². The average molecular weight is 464 g/mol. The highest BCUT2D eigenvalue weighted by Crippen LogP contribution is 2.41. The van der Waals surface area contributed by atoms with E-state index in [-0.39, 0.29) is 23.8 Å². The molecule has 10 heteroatoms. The summed E-state index contributed by atoms with van der Waals surface area (Å²) in [5.74, 6) is 0.219. The van der Waals surface area contributed by atoms with Crippen LogP contribution >= 0.6 is 0 Å². The van der Waals surface area contributed by atoms with Gasteiger partial charge in [0.2, 0.25) is 0 Å². The third-order valence-electron chi connectivity index (χ3n) is 5.27. The Hall–Kier alpha value is -3.11. The second kappa shape index (κ2) is 8.44. The van der Waals surface area contributed by atoms with Crippen LogP contribution in [0.15, 0.2) is 67.0 Å². The van der Waals surface area contributed by atoms with Crippen LogP contribution in [0.3, 0.4) is 0 Å². The Morgan fingerprint density at radius 1 is 1.09 bits per heavy atom. The van der Waals surface area contributed by atoms with Gasteiger partial charge in [-0.15, -0.1) is 0 Å². The Bertz CT molecular complexity index is 1220. The molecular weight excluding hydrogens is 445 g/mol.